The first kappa shape index (κ1) is 11.9. The number of fused-ring (bicyclic) bond motifs is 1. The summed E-state index contributed by atoms with van der Waals surface area (Å²) >= 11 is 0. The number of hydrogen-bond acceptors (Lipinski definition) is 2. The molecular weight excluding hydrogens is 232 g/mol. The average Bonchev–Trinajstić information content (AvgIpc) is 2.65. The zero-order chi connectivity index (χ0) is 13.1. The first-order chi connectivity index (χ1) is 8.58. The van der Waals surface area contributed by atoms with Gasteiger partial charge in [-0.25, -0.2) is 4.79 Å². The minimum atomic E-state index is -1.15. The number of carboxylic acid groups (broad SMARTS) is 1. The number of rotatable bonds is 3. The highest BCUT2D eigenvalue weighted by Gasteiger charge is 2.07. The van der Waals surface area contributed by atoms with Crippen molar-refractivity contribution in [2.75, 3.05) is 5.32 Å². The molecular formula is C13H12N2O3. The zero-order valence-corrected chi connectivity index (χ0v) is 9.75. The molecule has 5 heteroatoms. The molecule has 1 amide bonds. The molecule has 0 saturated heterocycles. The summed E-state index contributed by atoms with van der Waals surface area (Å²) in [4.78, 5) is 21.8. The SMILES string of the molecule is Cn1cc(NC(=O)/C=C/C(=O)O)c2ccccc21. The molecule has 18 heavy (non-hydrogen) atoms. The van der Waals surface area contributed by atoms with E-state index in [0.717, 1.165) is 23.1 Å². The Bertz CT molecular complexity index is 641. The molecule has 0 saturated carbocycles. The van der Waals surface area contributed by atoms with Crippen molar-refractivity contribution in [1.29, 1.82) is 0 Å². The summed E-state index contributed by atoms with van der Waals surface area (Å²) in [5.41, 5.74) is 1.66. The van der Waals surface area contributed by atoms with Crippen molar-refractivity contribution in [1.82, 2.24) is 4.57 Å². The van der Waals surface area contributed by atoms with Crippen LogP contribution in [0.2, 0.25) is 0 Å². The quantitative estimate of drug-likeness (QED) is 0.808. The van der Waals surface area contributed by atoms with Crippen LogP contribution in [0.3, 0.4) is 0 Å². The maximum Gasteiger partial charge on any atom is 0.328 e. The minimum absolute atomic E-state index is 0.464. The maximum atomic E-state index is 11.5. The number of aromatic nitrogens is 1. The van der Waals surface area contributed by atoms with Crippen LogP contribution in [-0.4, -0.2) is 21.6 Å². The summed E-state index contributed by atoms with van der Waals surface area (Å²) in [5, 5.41) is 12.0. The first-order valence-electron chi connectivity index (χ1n) is 5.34. The third-order valence-electron chi connectivity index (χ3n) is 2.53. The number of carboxylic acids is 1. The first-order valence-corrected chi connectivity index (χ1v) is 5.34. The van der Waals surface area contributed by atoms with Gasteiger partial charge in [0.2, 0.25) is 5.91 Å². The van der Waals surface area contributed by atoms with Crippen LogP contribution in [0.15, 0.2) is 42.6 Å². The van der Waals surface area contributed by atoms with Crippen molar-refractivity contribution in [3.8, 4) is 0 Å². The lowest BCUT2D eigenvalue weighted by atomic mass is 10.2. The number of anilines is 1. The van der Waals surface area contributed by atoms with Gasteiger partial charge in [0.15, 0.2) is 0 Å². The van der Waals surface area contributed by atoms with Gasteiger partial charge in [0.1, 0.15) is 0 Å². The summed E-state index contributed by atoms with van der Waals surface area (Å²) in [7, 11) is 1.88. The van der Waals surface area contributed by atoms with E-state index in [-0.39, 0.29) is 0 Å². The summed E-state index contributed by atoms with van der Waals surface area (Å²) < 4.78 is 1.89. The molecule has 0 bridgehead atoms. The van der Waals surface area contributed by atoms with Gasteiger partial charge in [-0.05, 0) is 6.07 Å². The van der Waals surface area contributed by atoms with Crippen LogP contribution in [0.25, 0.3) is 10.9 Å². The van der Waals surface area contributed by atoms with E-state index < -0.39 is 11.9 Å². The number of aryl methyl sites for hydroxylation is 1. The standard InChI is InChI=1S/C13H12N2O3/c1-15-8-10(9-4-2-3-5-11(9)15)14-12(16)6-7-13(17)18/h2-8H,1H3,(H,14,16)(H,17,18)/b7-6+. The molecule has 2 aromatic rings. The fourth-order valence-corrected chi connectivity index (χ4v) is 1.76. The number of para-hydroxylation sites is 1. The monoisotopic (exact) mass is 244 g/mol. The van der Waals surface area contributed by atoms with E-state index in [9.17, 15) is 9.59 Å². The fourth-order valence-electron chi connectivity index (χ4n) is 1.76. The van der Waals surface area contributed by atoms with E-state index in [0.29, 0.717) is 5.69 Å². The molecule has 2 N–H and O–H groups in total. The zero-order valence-electron chi connectivity index (χ0n) is 9.75. The summed E-state index contributed by atoms with van der Waals surface area (Å²) in [6, 6.07) is 7.63. The van der Waals surface area contributed by atoms with Gasteiger partial charge < -0.3 is 15.0 Å². The lowest BCUT2D eigenvalue weighted by molar-refractivity contribution is -0.131. The fraction of sp³-hybridized carbons (Fsp3) is 0.0769. The molecule has 0 unspecified atom stereocenters. The molecule has 0 radical (unpaired) electrons. The number of amides is 1. The Morgan fingerprint density at radius 1 is 1.28 bits per heavy atom. The molecule has 0 aliphatic rings. The number of carbonyl (C=O) groups is 2. The maximum absolute atomic E-state index is 11.5. The van der Waals surface area contributed by atoms with Crippen LogP contribution in [0.1, 0.15) is 0 Å². The number of carbonyl (C=O) groups excluding carboxylic acids is 1. The number of nitrogens with zero attached hydrogens (tertiary/aromatic N) is 1. The lowest BCUT2D eigenvalue weighted by Crippen LogP contribution is -2.08. The van der Waals surface area contributed by atoms with Crippen LogP contribution in [0, 0.1) is 0 Å². The predicted octanol–water partition coefficient (Wildman–Crippen LogP) is 1.76. The van der Waals surface area contributed by atoms with E-state index in [1.807, 2.05) is 35.9 Å². The van der Waals surface area contributed by atoms with E-state index in [1.165, 1.54) is 0 Å². The summed E-state index contributed by atoms with van der Waals surface area (Å²) in [6.45, 7) is 0. The van der Waals surface area contributed by atoms with Crippen LogP contribution < -0.4 is 5.32 Å². The van der Waals surface area contributed by atoms with Crippen LogP contribution in [0.5, 0.6) is 0 Å². The van der Waals surface area contributed by atoms with Crippen molar-refractivity contribution in [3.05, 3.63) is 42.6 Å². The Labute approximate surface area is 103 Å². The third kappa shape index (κ3) is 2.40. The second-order valence-corrected chi connectivity index (χ2v) is 3.83. The number of nitrogens with one attached hydrogen (secondary N) is 1. The second-order valence-electron chi connectivity index (χ2n) is 3.83. The van der Waals surface area contributed by atoms with Gasteiger partial charge in [-0.1, -0.05) is 18.2 Å². The van der Waals surface area contributed by atoms with Gasteiger partial charge in [0.25, 0.3) is 0 Å². The van der Waals surface area contributed by atoms with Crippen LogP contribution in [0.4, 0.5) is 5.69 Å². The van der Waals surface area contributed by atoms with Gasteiger partial charge in [-0.2, -0.15) is 0 Å². The Balaban J connectivity index is 2.27. The van der Waals surface area contributed by atoms with Gasteiger partial charge in [0, 0.05) is 36.3 Å². The largest absolute Gasteiger partial charge is 0.478 e. The number of benzene rings is 1. The Morgan fingerprint density at radius 2 is 2.00 bits per heavy atom. The third-order valence-corrected chi connectivity index (χ3v) is 2.53. The van der Waals surface area contributed by atoms with Gasteiger partial charge in [0.05, 0.1) is 5.69 Å². The Kier molecular flexibility index (Phi) is 3.14. The Morgan fingerprint density at radius 3 is 2.72 bits per heavy atom. The van der Waals surface area contributed by atoms with Crippen molar-refractivity contribution in [2.45, 2.75) is 0 Å². The summed E-state index contributed by atoms with van der Waals surface area (Å²) in [5.74, 6) is -1.61. The highest BCUT2D eigenvalue weighted by Crippen LogP contribution is 2.24. The van der Waals surface area contributed by atoms with E-state index in [4.69, 9.17) is 5.11 Å². The van der Waals surface area contributed by atoms with Gasteiger partial charge >= 0.3 is 5.97 Å². The van der Waals surface area contributed by atoms with E-state index in [1.54, 1.807) is 6.20 Å². The van der Waals surface area contributed by atoms with Crippen molar-refractivity contribution in [3.63, 3.8) is 0 Å². The lowest BCUT2D eigenvalue weighted by Gasteiger charge is -1.98. The molecule has 1 heterocycles. The van der Waals surface area contributed by atoms with Crippen molar-refractivity contribution in [2.24, 2.45) is 7.05 Å². The number of hydrogen-bond donors (Lipinski definition) is 2. The molecule has 1 aromatic carbocycles. The van der Waals surface area contributed by atoms with Gasteiger partial charge in [-0.15, -0.1) is 0 Å². The predicted molar refractivity (Wildman–Crippen MR) is 68.3 cm³/mol. The second kappa shape index (κ2) is 4.75. The molecule has 0 atom stereocenters. The molecule has 92 valence electrons. The normalized spacial score (nSPS) is 10.9. The van der Waals surface area contributed by atoms with E-state index >= 15 is 0 Å². The smallest absolute Gasteiger partial charge is 0.328 e. The van der Waals surface area contributed by atoms with Gasteiger partial charge in [-0.3, -0.25) is 4.79 Å². The molecule has 0 spiro atoms. The Hall–Kier alpha value is -2.56. The van der Waals surface area contributed by atoms with Crippen LogP contribution in [-0.2, 0) is 16.6 Å². The van der Waals surface area contributed by atoms with E-state index in [2.05, 4.69) is 5.32 Å². The topological polar surface area (TPSA) is 71.3 Å². The molecule has 1 aromatic heterocycles. The summed E-state index contributed by atoms with van der Waals surface area (Å²) in [6.07, 6.45) is 3.59. The average molecular weight is 244 g/mol. The molecule has 0 fully saturated rings. The van der Waals surface area contributed by atoms with Crippen molar-refractivity contribution >= 4 is 28.5 Å². The molecule has 2 rings (SSSR count). The molecule has 0 aliphatic heterocycles. The van der Waals surface area contributed by atoms with Crippen molar-refractivity contribution < 1.29 is 14.7 Å². The number of aliphatic carboxylic acids is 1. The highest BCUT2D eigenvalue weighted by molar-refractivity contribution is 6.07. The minimum Gasteiger partial charge on any atom is -0.478 e. The highest BCUT2D eigenvalue weighted by atomic mass is 16.4. The molecule has 5 nitrogen and oxygen atoms in total. The molecule has 0 aliphatic carbocycles. The van der Waals surface area contributed by atoms with Crippen LogP contribution >= 0.6 is 0 Å².